The molecule has 0 fully saturated rings. The van der Waals surface area contributed by atoms with Gasteiger partial charge in [0.15, 0.2) is 0 Å². The van der Waals surface area contributed by atoms with Crippen LogP contribution in [0.2, 0.25) is 5.15 Å². The standard InChI is InChI=1S/C11H5ClF4N2/c12-10-5-17-4-9(18-10)6-1-2-8(13)7(3-6)11(14,15)16/h1-5H. The largest absolute Gasteiger partial charge is 0.419 e. The Labute approximate surface area is 104 Å². The molecule has 7 heteroatoms. The van der Waals surface area contributed by atoms with Crippen molar-refractivity contribution in [3.63, 3.8) is 0 Å². The molecule has 0 saturated carbocycles. The molecular weight excluding hydrogens is 272 g/mol. The summed E-state index contributed by atoms with van der Waals surface area (Å²) >= 11 is 5.59. The van der Waals surface area contributed by atoms with Crippen LogP contribution in [0.1, 0.15) is 5.56 Å². The van der Waals surface area contributed by atoms with Gasteiger partial charge in [-0.15, -0.1) is 0 Å². The van der Waals surface area contributed by atoms with Crippen LogP contribution in [0, 0.1) is 5.82 Å². The number of hydrogen-bond donors (Lipinski definition) is 0. The Morgan fingerprint density at radius 1 is 1.11 bits per heavy atom. The third kappa shape index (κ3) is 2.59. The van der Waals surface area contributed by atoms with Crippen molar-refractivity contribution < 1.29 is 17.6 Å². The van der Waals surface area contributed by atoms with Crippen LogP contribution < -0.4 is 0 Å². The van der Waals surface area contributed by atoms with E-state index in [0.29, 0.717) is 6.07 Å². The lowest BCUT2D eigenvalue weighted by Crippen LogP contribution is -2.08. The molecule has 0 N–H and O–H groups in total. The number of halogens is 5. The molecule has 94 valence electrons. The maximum absolute atomic E-state index is 13.1. The van der Waals surface area contributed by atoms with E-state index in [1.807, 2.05) is 0 Å². The predicted molar refractivity (Wildman–Crippen MR) is 57.4 cm³/mol. The molecule has 0 aliphatic heterocycles. The van der Waals surface area contributed by atoms with Crippen molar-refractivity contribution in [2.75, 3.05) is 0 Å². The average Bonchev–Trinajstić information content (AvgIpc) is 2.28. The normalized spacial score (nSPS) is 11.6. The van der Waals surface area contributed by atoms with Crippen LogP contribution in [0.5, 0.6) is 0 Å². The van der Waals surface area contributed by atoms with Crippen molar-refractivity contribution in [2.45, 2.75) is 6.18 Å². The number of nitrogens with zero attached hydrogens (tertiary/aromatic N) is 2. The minimum absolute atomic E-state index is 0.0467. The molecule has 2 aromatic rings. The summed E-state index contributed by atoms with van der Waals surface area (Å²) in [4.78, 5) is 7.51. The van der Waals surface area contributed by atoms with Crippen molar-refractivity contribution in [2.24, 2.45) is 0 Å². The van der Waals surface area contributed by atoms with Crippen molar-refractivity contribution >= 4 is 11.6 Å². The molecule has 2 rings (SSSR count). The van der Waals surface area contributed by atoms with Crippen molar-refractivity contribution in [3.05, 3.63) is 47.1 Å². The number of benzene rings is 1. The first kappa shape index (κ1) is 12.8. The second-order valence-electron chi connectivity index (χ2n) is 3.42. The van der Waals surface area contributed by atoms with E-state index < -0.39 is 17.6 Å². The van der Waals surface area contributed by atoms with Crippen LogP contribution in [0.15, 0.2) is 30.6 Å². The van der Waals surface area contributed by atoms with Crippen LogP contribution in [-0.2, 0) is 6.18 Å². The summed E-state index contributed by atoms with van der Waals surface area (Å²) < 4.78 is 50.6. The summed E-state index contributed by atoms with van der Waals surface area (Å²) in [5.41, 5.74) is -1.10. The zero-order valence-electron chi connectivity index (χ0n) is 8.67. The van der Waals surface area contributed by atoms with E-state index in [4.69, 9.17) is 11.6 Å². The van der Waals surface area contributed by atoms with Crippen LogP contribution in [0.4, 0.5) is 17.6 Å². The SMILES string of the molecule is Fc1ccc(-c2cncc(Cl)n2)cc1C(F)(F)F. The fraction of sp³-hybridized carbons (Fsp3) is 0.0909. The Balaban J connectivity index is 2.54. The van der Waals surface area contributed by atoms with E-state index in [0.717, 1.165) is 6.07 Å². The summed E-state index contributed by atoms with van der Waals surface area (Å²) in [6.45, 7) is 0. The highest BCUT2D eigenvalue weighted by Gasteiger charge is 2.34. The van der Waals surface area contributed by atoms with Crippen molar-refractivity contribution in [3.8, 4) is 11.3 Å². The van der Waals surface area contributed by atoms with Gasteiger partial charge in [-0.1, -0.05) is 11.6 Å². The zero-order valence-corrected chi connectivity index (χ0v) is 9.43. The molecule has 0 spiro atoms. The van der Waals surface area contributed by atoms with Gasteiger partial charge in [0.1, 0.15) is 11.0 Å². The van der Waals surface area contributed by atoms with Crippen LogP contribution in [-0.4, -0.2) is 9.97 Å². The lowest BCUT2D eigenvalue weighted by atomic mass is 10.1. The molecule has 18 heavy (non-hydrogen) atoms. The maximum atomic E-state index is 13.1. The van der Waals surface area contributed by atoms with E-state index in [-0.39, 0.29) is 16.4 Å². The van der Waals surface area contributed by atoms with Gasteiger partial charge in [-0.3, -0.25) is 4.98 Å². The molecule has 0 unspecified atom stereocenters. The topological polar surface area (TPSA) is 25.8 Å². The van der Waals surface area contributed by atoms with Gasteiger partial charge in [-0.2, -0.15) is 13.2 Å². The Morgan fingerprint density at radius 3 is 2.44 bits per heavy atom. The molecule has 0 atom stereocenters. The average molecular weight is 277 g/mol. The zero-order chi connectivity index (χ0) is 13.3. The molecule has 1 heterocycles. The predicted octanol–water partition coefficient (Wildman–Crippen LogP) is 3.95. The second kappa shape index (κ2) is 4.53. The number of aromatic nitrogens is 2. The van der Waals surface area contributed by atoms with Gasteiger partial charge in [-0.05, 0) is 18.2 Å². The monoisotopic (exact) mass is 276 g/mol. The Bertz CT molecular complexity index is 583. The first-order valence-electron chi connectivity index (χ1n) is 4.72. The summed E-state index contributed by atoms with van der Waals surface area (Å²) in [5, 5.41) is 0.0467. The second-order valence-corrected chi connectivity index (χ2v) is 3.81. The van der Waals surface area contributed by atoms with Gasteiger partial charge in [0.05, 0.1) is 23.7 Å². The fourth-order valence-electron chi connectivity index (χ4n) is 1.38. The molecule has 1 aromatic carbocycles. The molecule has 0 amide bonds. The minimum Gasteiger partial charge on any atom is -0.259 e. The summed E-state index contributed by atoms with van der Waals surface area (Å²) in [6, 6.07) is 2.60. The quantitative estimate of drug-likeness (QED) is 0.737. The van der Waals surface area contributed by atoms with Crippen LogP contribution in [0.3, 0.4) is 0 Å². The maximum Gasteiger partial charge on any atom is 0.419 e. The highest BCUT2D eigenvalue weighted by Crippen LogP contribution is 2.33. The highest BCUT2D eigenvalue weighted by molar-refractivity contribution is 6.29. The molecule has 0 saturated heterocycles. The van der Waals surface area contributed by atoms with E-state index in [1.165, 1.54) is 18.5 Å². The first-order chi connectivity index (χ1) is 8.38. The molecule has 0 aliphatic carbocycles. The molecule has 1 aromatic heterocycles. The molecule has 0 bridgehead atoms. The third-order valence-corrected chi connectivity index (χ3v) is 2.35. The highest BCUT2D eigenvalue weighted by atomic mass is 35.5. The molecular formula is C11H5ClF4N2. The first-order valence-corrected chi connectivity index (χ1v) is 5.10. The van der Waals surface area contributed by atoms with E-state index >= 15 is 0 Å². The Kier molecular flexibility index (Phi) is 3.21. The summed E-state index contributed by atoms with van der Waals surface area (Å²) in [5.74, 6) is -1.33. The van der Waals surface area contributed by atoms with E-state index in [2.05, 4.69) is 9.97 Å². The lowest BCUT2D eigenvalue weighted by molar-refractivity contribution is -0.139. The number of rotatable bonds is 1. The van der Waals surface area contributed by atoms with Gasteiger partial charge in [0.25, 0.3) is 0 Å². The Hall–Kier alpha value is -1.69. The smallest absolute Gasteiger partial charge is 0.259 e. The van der Waals surface area contributed by atoms with Crippen molar-refractivity contribution in [1.82, 2.24) is 9.97 Å². The minimum atomic E-state index is -4.76. The van der Waals surface area contributed by atoms with E-state index in [1.54, 1.807) is 0 Å². The molecule has 2 nitrogen and oxygen atoms in total. The fourth-order valence-corrected chi connectivity index (χ4v) is 1.53. The molecule has 0 aliphatic rings. The van der Waals surface area contributed by atoms with Gasteiger partial charge in [0, 0.05) is 5.56 Å². The number of alkyl halides is 3. The van der Waals surface area contributed by atoms with Gasteiger partial charge < -0.3 is 0 Å². The van der Waals surface area contributed by atoms with Gasteiger partial charge in [0.2, 0.25) is 0 Å². The summed E-state index contributed by atoms with van der Waals surface area (Å²) in [6.07, 6.45) is -2.26. The van der Waals surface area contributed by atoms with Crippen LogP contribution >= 0.6 is 11.6 Å². The van der Waals surface area contributed by atoms with Crippen molar-refractivity contribution in [1.29, 1.82) is 0 Å². The van der Waals surface area contributed by atoms with Crippen LogP contribution in [0.25, 0.3) is 11.3 Å². The summed E-state index contributed by atoms with van der Waals surface area (Å²) in [7, 11) is 0. The third-order valence-electron chi connectivity index (χ3n) is 2.17. The van der Waals surface area contributed by atoms with Gasteiger partial charge >= 0.3 is 6.18 Å². The number of hydrogen-bond acceptors (Lipinski definition) is 2. The van der Waals surface area contributed by atoms with Gasteiger partial charge in [-0.25, -0.2) is 9.37 Å². The molecule has 0 radical (unpaired) electrons. The lowest BCUT2D eigenvalue weighted by Gasteiger charge is -2.09. The Morgan fingerprint density at radius 2 is 1.83 bits per heavy atom. The van der Waals surface area contributed by atoms with E-state index in [9.17, 15) is 17.6 Å².